The minimum Gasteiger partial charge on any atom is -0.481 e. The van der Waals surface area contributed by atoms with Crippen LogP contribution in [0.4, 0.5) is 10.1 Å². The van der Waals surface area contributed by atoms with E-state index in [4.69, 9.17) is 14.6 Å². The highest BCUT2D eigenvalue weighted by Crippen LogP contribution is 2.19. The fourth-order valence-corrected chi connectivity index (χ4v) is 2.53. The maximum atomic E-state index is 13.9. The Kier molecular flexibility index (Phi) is 5.43. The molecule has 1 amide bonds. The average Bonchev–Trinajstić information content (AvgIpc) is 3.10. The van der Waals surface area contributed by atoms with Gasteiger partial charge in [-0.3, -0.25) is 9.59 Å². The van der Waals surface area contributed by atoms with Crippen LogP contribution in [0.1, 0.15) is 22.3 Å². The molecule has 7 nitrogen and oxygen atoms in total. The van der Waals surface area contributed by atoms with Crippen molar-refractivity contribution in [1.82, 2.24) is 4.98 Å². The lowest BCUT2D eigenvalue weighted by atomic mass is 10.1. The van der Waals surface area contributed by atoms with Crippen LogP contribution in [0.15, 0.2) is 36.5 Å². The number of anilines is 1. The van der Waals surface area contributed by atoms with E-state index >= 15 is 0 Å². The van der Waals surface area contributed by atoms with Gasteiger partial charge in [0.05, 0.1) is 19.6 Å². The van der Waals surface area contributed by atoms with Crippen LogP contribution < -0.4 is 10.1 Å². The van der Waals surface area contributed by atoms with E-state index in [1.165, 1.54) is 30.5 Å². The Morgan fingerprint density at radius 1 is 1.35 bits per heavy atom. The van der Waals surface area contributed by atoms with Gasteiger partial charge < -0.3 is 19.9 Å². The molecule has 1 aromatic heterocycles. The molecule has 1 saturated heterocycles. The molecular formula is C18H17FN2O5. The number of carboxylic acids is 1. The van der Waals surface area contributed by atoms with Crippen molar-refractivity contribution in [2.24, 2.45) is 0 Å². The van der Waals surface area contributed by atoms with Crippen molar-refractivity contribution in [1.29, 1.82) is 0 Å². The number of halogens is 1. The lowest BCUT2D eigenvalue weighted by Gasteiger charge is -2.12. The second-order valence-corrected chi connectivity index (χ2v) is 5.82. The zero-order chi connectivity index (χ0) is 18.5. The molecule has 2 heterocycles. The first kappa shape index (κ1) is 17.8. The molecule has 3 rings (SSSR count). The first-order valence-corrected chi connectivity index (χ1v) is 8.03. The number of aromatic nitrogens is 1. The van der Waals surface area contributed by atoms with Crippen LogP contribution in [0.3, 0.4) is 0 Å². The summed E-state index contributed by atoms with van der Waals surface area (Å²) in [5, 5.41) is 11.3. The smallest absolute Gasteiger partial charge is 0.307 e. The van der Waals surface area contributed by atoms with Crippen molar-refractivity contribution in [3.05, 3.63) is 53.5 Å². The third kappa shape index (κ3) is 4.54. The van der Waals surface area contributed by atoms with Gasteiger partial charge in [0.2, 0.25) is 5.88 Å². The Morgan fingerprint density at radius 2 is 2.19 bits per heavy atom. The van der Waals surface area contributed by atoms with E-state index in [-0.39, 0.29) is 17.4 Å². The quantitative estimate of drug-likeness (QED) is 0.820. The molecule has 0 radical (unpaired) electrons. The number of rotatable bonds is 6. The fourth-order valence-electron chi connectivity index (χ4n) is 2.53. The third-order valence-electron chi connectivity index (χ3n) is 3.82. The average molecular weight is 360 g/mol. The van der Waals surface area contributed by atoms with Crippen molar-refractivity contribution >= 4 is 17.6 Å². The zero-order valence-corrected chi connectivity index (χ0v) is 13.8. The number of ether oxygens (including phenoxy) is 2. The number of amides is 1. The number of hydrogen-bond acceptors (Lipinski definition) is 5. The second kappa shape index (κ2) is 7.92. The zero-order valence-electron chi connectivity index (χ0n) is 13.8. The topological polar surface area (TPSA) is 97.8 Å². The molecule has 136 valence electrons. The van der Waals surface area contributed by atoms with Crippen LogP contribution in [-0.4, -0.2) is 41.3 Å². The maximum absolute atomic E-state index is 13.9. The molecule has 1 aromatic carbocycles. The molecule has 1 fully saturated rings. The van der Waals surface area contributed by atoms with Crippen molar-refractivity contribution in [2.45, 2.75) is 18.9 Å². The van der Waals surface area contributed by atoms with Gasteiger partial charge >= 0.3 is 5.97 Å². The number of carbonyl (C=O) groups is 2. The Balaban J connectivity index is 1.67. The summed E-state index contributed by atoms with van der Waals surface area (Å²) in [6.45, 7) is 1.12. The number of pyridine rings is 1. The predicted octanol–water partition coefficient (Wildman–Crippen LogP) is 2.27. The van der Waals surface area contributed by atoms with E-state index in [1.54, 1.807) is 0 Å². The van der Waals surface area contributed by atoms with E-state index in [2.05, 4.69) is 10.3 Å². The van der Waals surface area contributed by atoms with E-state index in [0.717, 1.165) is 12.5 Å². The Bertz CT molecular complexity index is 821. The van der Waals surface area contributed by atoms with Gasteiger partial charge in [0, 0.05) is 29.9 Å². The van der Waals surface area contributed by atoms with E-state index in [0.29, 0.717) is 24.7 Å². The van der Waals surface area contributed by atoms with Crippen molar-refractivity contribution in [3.63, 3.8) is 0 Å². The summed E-state index contributed by atoms with van der Waals surface area (Å²) in [6.07, 6.45) is 1.71. The Morgan fingerprint density at radius 3 is 2.88 bits per heavy atom. The molecule has 1 atom stereocenters. The van der Waals surface area contributed by atoms with Crippen molar-refractivity contribution in [3.8, 4) is 5.88 Å². The monoisotopic (exact) mass is 360 g/mol. The molecule has 1 aliphatic heterocycles. The molecule has 2 N–H and O–H groups in total. The van der Waals surface area contributed by atoms with Crippen molar-refractivity contribution in [2.75, 3.05) is 18.5 Å². The van der Waals surface area contributed by atoms with Gasteiger partial charge in [0.15, 0.2) is 0 Å². The Labute approximate surface area is 148 Å². The van der Waals surface area contributed by atoms with Crippen LogP contribution in [0.25, 0.3) is 0 Å². The van der Waals surface area contributed by atoms with Crippen molar-refractivity contribution < 1.29 is 28.6 Å². The summed E-state index contributed by atoms with van der Waals surface area (Å²) in [7, 11) is 0. The van der Waals surface area contributed by atoms with E-state index in [1.807, 2.05) is 0 Å². The number of nitrogens with one attached hydrogen (secondary N) is 1. The predicted molar refractivity (Wildman–Crippen MR) is 89.8 cm³/mol. The minimum atomic E-state index is -1.13. The number of carbonyl (C=O) groups excluding carboxylic acids is 1. The standard InChI is InChI=1S/C18H17FN2O5/c19-15-9-13(2-1-11(15)8-17(22)23)21-18(24)12-3-5-20-16(7-12)26-14-4-6-25-10-14/h1-3,5,7,9,14H,4,6,8,10H2,(H,21,24)(H,22,23). The summed E-state index contributed by atoms with van der Waals surface area (Å²) in [6, 6.07) is 6.89. The largest absolute Gasteiger partial charge is 0.481 e. The molecule has 0 aliphatic carbocycles. The SMILES string of the molecule is O=C(O)Cc1ccc(NC(=O)c2ccnc(OC3CCOC3)c2)cc1F. The highest BCUT2D eigenvalue weighted by molar-refractivity contribution is 6.04. The first-order chi connectivity index (χ1) is 12.5. The van der Waals surface area contributed by atoms with Crippen LogP contribution in [-0.2, 0) is 16.0 Å². The highest BCUT2D eigenvalue weighted by atomic mass is 19.1. The van der Waals surface area contributed by atoms with Gasteiger partial charge in [0.25, 0.3) is 5.91 Å². The fraction of sp³-hybridized carbons (Fsp3) is 0.278. The molecule has 0 spiro atoms. The van der Waals surface area contributed by atoms with Gasteiger partial charge in [-0.1, -0.05) is 6.07 Å². The lowest BCUT2D eigenvalue weighted by Crippen LogP contribution is -2.17. The van der Waals surface area contributed by atoms with Gasteiger partial charge in [-0.15, -0.1) is 0 Å². The minimum absolute atomic E-state index is 0.0499. The summed E-state index contributed by atoms with van der Waals surface area (Å²) in [5.41, 5.74) is 0.586. The summed E-state index contributed by atoms with van der Waals surface area (Å²) < 4.78 is 24.8. The molecule has 2 aromatic rings. The number of aliphatic carboxylic acids is 1. The number of hydrogen-bond donors (Lipinski definition) is 2. The number of benzene rings is 1. The molecule has 8 heteroatoms. The van der Waals surface area contributed by atoms with Gasteiger partial charge in [-0.25, -0.2) is 9.37 Å². The summed E-state index contributed by atoms with van der Waals surface area (Å²) in [4.78, 5) is 27.1. The van der Waals surface area contributed by atoms with Crippen LogP contribution in [0.2, 0.25) is 0 Å². The molecule has 1 aliphatic rings. The third-order valence-corrected chi connectivity index (χ3v) is 3.82. The van der Waals surface area contributed by atoms with E-state index in [9.17, 15) is 14.0 Å². The van der Waals surface area contributed by atoms with Gasteiger partial charge in [-0.2, -0.15) is 0 Å². The molecule has 1 unspecified atom stereocenters. The molecule has 0 bridgehead atoms. The van der Waals surface area contributed by atoms with Crippen LogP contribution in [0, 0.1) is 5.82 Å². The normalized spacial score (nSPS) is 16.3. The van der Waals surface area contributed by atoms with Crippen LogP contribution >= 0.6 is 0 Å². The maximum Gasteiger partial charge on any atom is 0.307 e. The molecular weight excluding hydrogens is 343 g/mol. The second-order valence-electron chi connectivity index (χ2n) is 5.82. The lowest BCUT2D eigenvalue weighted by molar-refractivity contribution is -0.136. The van der Waals surface area contributed by atoms with Gasteiger partial charge in [-0.05, 0) is 23.8 Å². The first-order valence-electron chi connectivity index (χ1n) is 8.03. The highest BCUT2D eigenvalue weighted by Gasteiger charge is 2.18. The summed E-state index contributed by atoms with van der Waals surface area (Å²) in [5.74, 6) is -1.95. The van der Waals surface area contributed by atoms with E-state index < -0.39 is 24.1 Å². The number of carboxylic acid groups (broad SMARTS) is 1. The molecule has 26 heavy (non-hydrogen) atoms. The Hall–Kier alpha value is -3.00. The number of nitrogens with zero attached hydrogens (tertiary/aromatic N) is 1. The van der Waals surface area contributed by atoms with Crippen LogP contribution in [0.5, 0.6) is 5.88 Å². The molecule has 0 saturated carbocycles. The van der Waals surface area contributed by atoms with Gasteiger partial charge in [0.1, 0.15) is 11.9 Å². The summed E-state index contributed by atoms with van der Waals surface area (Å²) >= 11 is 0.